The quantitative estimate of drug-likeness (QED) is 0.643. The van der Waals surface area contributed by atoms with E-state index in [1.54, 1.807) is 19.1 Å². The van der Waals surface area contributed by atoms with Gasteiger partial charge in [0, 0.05) is 5.56 Å². The van der Waals surface area contributed by atoms with Crippen molar-refractivity contribution in [3.05, 3.63) is 42.1 Å². The van der Waals surface area contributed by atoms with Crippen LogP contribution in [0.4, 0.5) is 15.0 Å². The minimum atomic E-state index is -0.451. The van der Waals surface area contributed by atoms with Gasteiger partial charge in [0.05, 0.1) is 18.3 Å². The zero-order valence-corrected chi connectivity index (χ0v) is 14.2. The first kappa shape index (κ1) is 16.2. The normalized spacial score (nSPS) is 20.2. The molecule has 0 unspecified atom stereocenters. The molecule has 2 N–H and O–H groups in total. The molecule has 2 bridgehead atoms. The Bertz CT molecular complexity index is 989. The number of anilines is 1. The molecule has 3 aromatic rings. The number of carbonyl (C=O) groups is 1. The van der Waals surface area contributed by atoms with Gasteiger partial charge in [-0.25, -0.2) is 28.7 Å². The van der Waals surface area contributed by atoms with Crippen LogP contribution in [-0.4, -0.2) is 38.2 Å². The number of ether oxygens (including phenoxy) is 1. The predicted molar refractivity (Wildman–Crippen MR) is 92.6 cm³/mol. The summed E-state index contributed by atoms with van der Waals surface area (Å²) in [4.78, 5) is 25.2. The van der Waals surface area contributed by atoms with E-state index in [2.05, 4.69) is 25.6 Å². The maximum absolute atomic E-state index is 13.7. The van der Waals surface area contributed by atoms with Gasteiger partial charge in [0.15, 0.2) is 5.65 Å². The molecule has 2 atom stereocenters. The third-order valence-corrected chi connectivity index (χ3v) is 4.13. The molecular weight excluding hydrogens is 339 g/mol. The highest BCUT2D eigenvalue weighted by molar-refractivity contribution is 5.87. The molecule has 1 amide bonds. The number of aromatic nitrogens is 4. The lowest BCUT2D eigenvalue weighted by atomic mass is 10.1. The average molecular weight is 356 g/mol. The first-order valence-corrected chi connectivity index (χ1v) is 8.21. The second-order valence-corrected chi connectivity index (χ2v) is 6.23. The topological polar surface area (TPSA) is 94.0 Å². The van der Waals surface area contributed by atoms with Crippen molar-refractivity contribution in [1.29, 1.82) is 0 Å². The second-order valence-electron chi connectivity index (χ2n) is 6.23. The summed E-state index contributed by atoms with van der Waals surface area (Å²) in [5, 5.41) is 6.02. The van der Waals surface area contributed by atoms with Gasteiger partial charge in [0.25, 0.3) is 0 Å². The van der Waals surface area contributed by atoms with Crippen molar-refractivity contribution >= 4 is 23.0 Å². The summed E-state index contributed by atoms with van der Waals surface area (Å²) < 4.78 is 20.8. The van der Waals surface area contributed by atoms with Crippen molar-refractivity contribution in [3.8, 4) is 5.88 Å². The van der Waals surface area contributed by atoms with Gasteiger partial charge in [-0.2, -0.15) is 0 Å². The smallest absolute Gasteiger partial charge is 0.328 e. The zero-order valence-electron chi connectivity index (χ0n) is 14.2. The summed E-state index contributed by atoms with van der Waals surface area (Å²) in [6.07, 6.45) is 2.54. The number of hydrogen-bond donors (Lipinski definition) is 2. The number of imidazole rings is 1. The Kier molecular flexibility index (Phi) is 3.90. The highest BCUT2D eigenvalue weighted by Crippen LogP contribution is 2.27. The summed E-state index contributed by atoms with van der Waals surface area (Å²) in [7, 11) is 0. The van der Waals surface area contributed by atoms with Gasteiger partial charge in [0.1, 0.15) is 30.1 Å². The van der Waals surface area contributed by atoms with Gasteiger partial charge in [0.2, 0.25) is 5.88 Å². The molecule has 3 aromatic heterocycles. The van der Waals surface area contributed by atoms with E-state index in [4.69, 9.17) is 4.74 Å². The minimum absolute atomic E-state index is 0.187. The van der Waals surface area contributed by atoms with Crippen LogP contribution >= 0.6 is 0 Å². The van der Waals surface area contributed by atoms with E-state index in [1.165, 1.54) is 17.0 Å². The third kappa shape index (κ3) is 2.92. The number of rotatable bonds is 0. The molecule has 0 aliphatic carbocycles. The molecule has 4 rings (SSSR count). The van der Waals surface area contributed by atoms with Crippen LogP contribution < -0.4 is 15.4 Å². The highest BCUT2D eigenvalue weighted by Gasteiger charge is 2.20. The standard InChI is InChI=1S/C17H17FN6O2/c1-9-7-26-16-12(5-11(18)6-19-16)10(2)22-14-4-3-13-15(23-14)24(8-20-13)17(25)21-9/h3-6,8-10H,7H2,1-2H3,(H,21,25)(H,22,23)/t9-,10+/m0/s1. The van der Waals surface area contributed by atoms with E-state index in [0.717, 1.165) is 6.20 Å². The molecule has 134 valence electrons. The van der Waals surface area contributed by atoms with Gasteiger partial charge >= 0.3 is 6.03 Å². The largest absolute Gasteiger partial charge is 0.475 e. The first-order valence-electron chi connectivity index (χ1n) is 8.21. The number of amides is 1. The number of nitrogens with one attached hydrogen (secondary N) is 2. The maximum Gasteiger partial charge on any atom is 0.328 e. The van der Waals surface area contributed by atoms with Gasteiger partial charge in [-0.3, -0.25) is 0 Å². The number of hydrogen-bond acceptors (Lipinski definition) is 6. The monoisotopic (exact) mass is 356 g/mol. The van der Waals surface area contributed by atoms with Crippen LogP contribution in [0, 0.1) is 5.82 Å². The number of carbonyl (C=O) groups excluding carboxylic acids is 1. The van der Waals surface area contributed by atoms with Crippen molar-refractivity contribution in [2.75, 3.05) is 11.9 Å². The Hall–Kier alpha value is -3.23. The Morgan fingerprint density at radius 2 is 2.12 bits per heavy atom. The van der Waals surface area contributed by atoms with E-state index in [9.17, 15) is 9.18 Å². The van der Waals surface area contributed by atoms with Crippen LogP contribution in [0.15, 0.2) is 30.7 Å². The maximum atomic E-state index is 13.7. The highest BCUT2D eigenvalue weighted by atomic mass is 19.1. The number of halogens is 1. The molecule has 0 saturated carbocycles. The van der Waals surface area contributed by atoms with Crippen molar-refractivity contribution in [2.45, 2.75) is 25.9 Å². The summed E-state index contributed by atoms with van der Waals surface area (Å²) in [5.74, 6) is 0.393. The van der Waals surface area contributed by atoms with Gasteiger partial charge < -0.3 is 15.4 Å². The van der Waals surface area contributed by atoms with Crippen LogP contribution in [0.5, 0.6) is 5.88 Å². The lowest BCUT2D eigenvalue weighted by molar-refractivity contribution is 0.226. The van der Waals surface area contributed by atoms with Crippen molar-refractivity contribution in [1.82, 2.24) is 24.8 Å². The molecule has 0 saturated heterocycles. The molecule has 26 heavy (non-hydrogen) atoms. The van der Waals surface area contributed by atoms with Gasteiger partial charge in [-0.05, 0) is 32.0 Å². The summed E-state index contributed by atoms with van der Waals surface area (Å²) in [5.41, 5.74) is 1.60. The number of fused-ring (bicyclic) bond motifs is 2. The van der Waals surface area contributed by atoms with Gasteiger partial charge in [-0.15, -0.1) is 0 Å². The predicted octanol–water partition coefficient (Wildman–Crippen LogP) is 2.48. The second kappa shape index (κ2) is 6.25. The molecule has 0 radical (unpaired) electrons. The SMILES string of the molecule is C[C@H]1COc2ncc(F)cc2[C@@H](C)Nc2ccc3ncn(c3n2)C(=O)N1. The Balaban J connectivity index is 1.82. The molecule has 1 aliphatic rings. The first-order chi connectivity index (χ1) is 12.5. The fraction of sp³-hybridized carbons (Fsp3) is 0.294. The van der Waals surface area contributed by atoms with Crippen molar-refractivity contribution in [3.63, 3.8) is 0 Å². The van der Waals surface area contributed by atoms with E-state index in [0.29, 0.717) is 28.4 Å². The van der Waals surface area contributed by atoms with E-state index < -0.39 is 5.82 Å². The average Bonchev–Trinajstić information content (AvgIpc) is 3.03. The minimum Gasteiger partial charge on any atom is -0.475 e. The fourth-order valence-electron chi connectivity index (χ4n) is 2.82. The van der Waals surface area contributed by atoms with Crippen LogP contribution in [0.25, 0.3) is 11.2 Å². The molecule has 4 heterocycles. The molecule has 1 aliphatic heterocycles. The molecule has 0 spiro atoms. The van der Waals surface area contributed by atoms with Crippen LogP contribution in [0.2, 0.25) is 0 Å². The van der Waals surface area contributed by atoms with Crippen LogP contribution in [-0.2, 0) is 0 Å². The van der Waals surface area contributed by atoms with Crippen LogP contribution in [0.1, 0.15) is 25.5 Å². The molecule has 0 fully saturated rings. The summed E-state index contributed by atoms with van der Waals surface area (Å²) >= 11 is 0. The van der Waals surface area contributed by atoms with E-state index in [-0.39, 0.29) is 24.7 Å². The molecule has 9 heteroatoms. The lowest BCUT2D eigenvalue weighted by Gasteiger charge is -2.19. The number of nitrogens with zero attached hydrogens (tertiary/aromatic N) is 4. The molecule has 8 nitrogen and oxygen atoms in total. The lowest BCUT2D eigenvalue weighted by Crippen LogP contribution is -2.39. The Labute approximate surface area is 148 Å². The van der Waals surface area contributed by atoms with E-state index >= 15 is 0 Å². The van der Waals surface area contributed by atoms with Crippen LogP contribution in [0.3, 0.4) is 0 Å². The van der Waals surface area contributed by atoms with E-state index in [1.807, 2.05) is 6.92 Å². The fourth-order valence-corrected chi connectivity index (χ4v) is 2.82. The van der Waals surface area contributed by atoms with Crippen molar-refractivity contribution in [2.24, 2.45) is 0 Å². The summed E-state index contributed by atoms with van der Waals surface area (Å²) in [6, 6.07) is 3.94. The zero-order chi connectivity index (χ0) is 18.3. The third-order valence-electron chi connectivity index (χ3n) is 4.13. The molecular formula is C17H17FN6O2. The van der Waals surface area contributed by atoms with Crippen molar-refractivity contribution < 1.29 is 13.9 Å². The summed E-state index contributed by atoms with van der Waals surface area (Å²) in [6.45, 7) is 3.85. The number of pyridine rings is 2. The molecule has 0 aromatic carbocycles. The Morgan fingerprint density at radius 3 is 2.96 bits per heavy atom. The Morgan fingerprint density at radius 1 is 1.27 bits per heavy atom. The van der Waals surface area contributed by atoms with Gasteiger partial charge in [-0.1, -0.05) is 0 Å².